The number of nitrogens with zero attached hydrogens (tertiary/aromatic N) is 1. The van der Waals surface area contributed by atoms with Gasteiger partial charge in [-0.25, -0.2) is 4.99 Å². The van der Waals surface area contributed by atoms with E-state index >= 15 is 0 Å². The SMILES string of the molecule is CC1=CC2=NC(=O)C=C(O)[C@H]2C=C1. The van der Waals surface area contributed by atoms with Crippen LogP contribution in [0.5, 0.6) is 0 Å². The summed E-state index contributed by atoms with van der Waals surface area (Å²) in [6.45, 7) is 1.93. The van der Waals surface area contributed by atoms with E-state index in [0.717, 1.165) is 11.6 Å². The number of aliphatic hydroxyl groups excluding tert-OH is 1. The van der Waals surface area contributed by atoms with Crippen molar-refractivity contribution in [2.24, 2.45) is 10.9 Å². The van der Waals surface area contributed by atoms with Gasteiger partial charge in [0, 0.05) is 6.08 Å². The summed E-state index contributed by atoms with van der Waals surface area (Å²) in [5.41, 5.74) is 1.67. The van der Waals surface area contributed by atoms with E-state index in [1.807, 2.05) is 25.2 Å². The number of dihydropyridines is 1. The summed E-state index contributed by atoms with van der Waals surface area (Å²) in [4.78, 5) is 14.8. The van der Waals surface area contributed by atoms with Crippen LogP contribution in [-0.2, 0) is 4.79 Å². The third-order valence-corrected chi connectivity index (χ3v) is 2.08. The first kappa shape index (κ1) is 7.98. The summed E-state index contributed by atoms with van der Waals surface area (Å²) in [6, 6.07) is 0. The molecule has 0 aromatic heterocycles. The summed E-state index contributed by atoms with van der Waals surface area (Å²) >= 11 is 0. The molecule has 1 heterocycles. The molecule has 0 unspecified atom stereocenters. The summed E-state index contributed by atoms with van der Waals surface area (Å²) in [5.74, 6) is -0.528. The van der Waals surface area contributed by atoms with Crippen LogP contribution in [0.1, 0.15) is 6.92 Å². The number of fused-ring (bicyclic) bond motifs is 1. The van der Waals surface area contributed by atoms with E-state index in [9.17, 15) is 9.90 Å². The lowest BCUT2D eigenvalue weighted by atomic mass is 9.91. The molecule has 3 heteroatoms. The van der Waals surface area contributed by atoms with Crippen LogP contribution in [0.2, 0.25) is 0 Å². The minimum atomic E-state index is -0.386. The zero-order valence-electron chi connectivity index (χ0n) is 7.19. The lowest BCUT2D eigenvalue weighted by molar-refractivity contribution is -0.113. The van der Waals surface area contributed by atoms with Crippen LogP contribution in [0.4, 0.5) is 0 Å². The van der Waals surface area contributed by atoms with E-state index in [0.29, 0.717) is 5.71 Å². The number of aliphatic hydroxyl groups is 1. The van der Waals surface area contributed by atoms with Crippen molar-refractivity contribution >= 4 is 11.6 Å². The maximum absolute atomic E-state index is 11.0. The molecule has 1 atom stereocenters. The monoisotopic (exact) mass is 175 g/mol. The van der Waals surface area contributed by atoms with Crippen molar-refractivity contribution in [2.75, 3.05) is 0 Å². The van der Waals surface area contributed by atoms with E-state index in [1.165, 1.54) is 0 Å². The Bertz CT molecular complexity index is 386. The molecule has 0 aromatic carbocycles. The largest absolute Gasteiger partial charge is 0.511 e. The second kappa shape index (κ2) is 2.69. The standard InChI is InChI=1S/C10H9NO2/c1-6-2-3-7-8(4-6)11-10(13)5-9(7)12/h2-5,7,12H,1H3/t7-/m0/s1. The number of hydrogen-bond donors (Lipinski definition) is 1. The first-order valence-corrected chi connectivity index (χ1v) is 4.06. The molecule has 13 heavy (non-hydrogen) atoms. The number of carbonyl (C=O) groups excluding carboxylic acids is 1. The van der Waals surface area contributed by atoms with Gasteiger partial charge in [0.25, 0.3) is 5.91 Å². The van der Waals surface area contributed by atoms with Gasteiger partial charge < -0.3 is 5.11 Å². The predicted molar refractivity (Wildman–Crippen MR) is 49.5 cm³/mol. The molecule has 2 rings (SSSR count). The van der Waals surface area contributed by atoms with Crippen molar-refractivity contribution in [3.05, 3.63) is 35.6 Å². The Balaban J connectivity index is 2.44. The van der Waals surface area contributed by atoms with Crippen molar-refractivity contribution < 1.29 is 9.90 Å². The molecule has 1 aliphatic carbocycles. The summed E-state index contributed by atoms with van der Waals surface area (Å²) < 4.78 is 0. The smallest absolute Gasteiger partial charge is 0.273 e. The van der Waals surface area contributed by atoms with Gasteiger partial charge in [-0.2, -0.15) is 0 Å². The molecule has 0 aromatic rings. The van der Waals surface area contributed by atoms with Gasteiger partial charge in [0.2, 0.25) is 0 Å². The van der Waals surface area contributed by atoms with Gasteiger partial charge in [-0.1, -0.05) is 12.2 Å². The lowest BCUT2D eigenvalue weighted by Gasteiger charge is -2.19. The van der Waals surface area contributed by atoms with Crippen molar-refractivity contribution in [3.63, 3.8) is 0 Å². The van der Waals surface area contributed by atoms with Crippen LogP contribution in [0, 0.1) is 5.92 Å². The highest BCUT2D eigenvalue weighted by Crippen LogP contribution is 2.23. The fourth-order valence-electron chi connectivity index (χ4n) is 1.45. The first-order chi connectivity index (χ1) is 6.16. The number of amides is 1. The first-order valence-electron chi connectivity index (χ1n) is 4.06. The molecule has 0 bridgehead atoms. The number of allylic oxidation sites excluding steroid dienone is 4. The lowest BCUT2D eigenvalue weighted by Crippen LogP contribution is -2.21. The molecule has 66 valence electrons. The number of carbonyl (C=O) groups is 1. The number of aliphatic imine (C=N–C) groups is 1. The minimum absolute atomic E-state index is 0.0787. The molecule has 0 spiro atoms. The third kappa shape index (κ3) is 1.33. The average Bonchev–Trinajstić information content (AvgIpc) is 2.02. The Labute approximate surface area is 75.8 Å². The van der Waals surface area contributed by atoms with Crippen LogP contribution in [0.15, 0.2) is 40.6 Å². The van der Waals surface area contributed by atoms with Gasteiger partial charge in [-0.15, -0.1) is 0 Å². The molecule has 1 N–H and O–H groups in total. The maximum Gasteiger partial charge on any atom is 0.273 e. The Morgan fingerprint density at radius 3 is 3.00 bits per heavy atom. The molecule has 3 nitrogen and oxygen atoms in total. The van der Waals surface area contributed by atoms with E-state index in [-0.39, 0.29) is 17.6 Å². The fraction of sp³-hybridized carbons (Fsp3) is 0.200. The molecule has 1 aliphatic heterocycles. The van der Waals surface area contributed by atoms with Crippen molar-refractivity contribution in [2.45, 2.75) is 6.92 Å². The Kier molecular flexibility index (Phi) is 1.65. The highest BCUT2D eigenvalue weighted by Gasteiger charge is 2.23. The van der Waals surface area contributed by atoms with Crippen LogP contribution in [-0.4, -0.2) is 16.7 Å². The average molecular weight is 175 g/mol. The van der Waals surface area contributed by atoms with Gasteiger partial charge in [0.1, 0.15) is 5.76 Å². The maximum atomic E-state index is 11.0. The van der Waals surface area contributed by atoms with E-state index in [1.54, 1.807) is 0 Å². The van der Waals surface area contributed by atoms with E-state index in [4.69, 9.17) is 0 Å². The molecular weight excluding hydrogens is 166 g/mol. The van der Waals surface area contributed by atoms with Gasteiger partial charge >= 0.3 is 0 Å². The van der Waals surface area contributed by atoms with Gasteiger partial charge in [0.15, 0.2) is 0 Å². The normalized spacial score (nSPS) is 26.1. The van der Waals surface area contributed by atoms with Gasteiger partial charge in [-0.05, 0) is 18.6 Å². The second-order valence-corrected chi connectivity index (χ2v) is 3.17. The third-order valence-electron chi connectivity index (χ3n) is 2.08. The van der Waals surface area contributed by atoms with Crippen LogP contribution < -0.4 is 0 Å². The second-order valence-electron chi connectivity index (χ2n) is 3.17. The Morgan fingerprint density at radius 2 is 2.23 bits per heavy atom. The molecule has 0 saturated heterocycles. The molecule has 0 saturated carbocycles. The highest BCUT2D eigenvalue weighted by molar-refractivity contribution is 6.12. The molecule has 2 aliphatic rings. The van der Waals surface area contributed by atoms with Crippen molar-refractivity contribution in [3.8, 4) is 0 Å². The molecule has 1 amide bonds. The predicted octanol–water partition coefficient (Wildman–Crippen LogP) is 1.54. The molecular formula is C10H9NO2. The van der Waals surface area contributed by atoms with E-state index < -0.39 is 0 Å². The topological polar surface area (TPSA) is 49.7 Å². The molecule has 0 fully saturated rings. The van der Waals surface area contributed by atoms with Crippen LogP contribution in [0.25, 0.3) is 0 Å². The zero-order valence-corrected chi connectivity index (χ0v) is 7.19. The summed E-state index contributed by atoms with van der Waals surface area (Å²) in [7, 11) is 0. The summed E-state index contributed by atoms with van der Waals surface area (Å²) in [6.07, 6.45) is 6.72. The fourth-order valence-corrected chi connectivity index (χ4v) is 1.45. The Hall–Kier alpha value is -1.64. The van der Waals surface area contributed by atoms with E-state index in [2.05, 4.69) is 4.99 Å². The van der Waals surface area contributed by atoms with Gasteiger partial charge in [0.05, 0.1) is 11.6 Å². The summed E-state index contributed by atoms with van der Waals surface area (Å²) in [5, 5.41) is 9.44. The van der Waals surface area contributed by atoms with Crippen LogP contribution in [0.3, 0.4) is 0 Å². The minimum Gasteiger partial charge on any atom is -0.511 e. The quantitative estimate of drug-likeness (QED) is 0.607. The zero-order chi connectivity index (χ0) is 9.42. The van der Waals surface area contributed by atoms with Gasteiger partial charge in [-0.3, -0.25) is 4.79 Å². The molecule has 0 radical (unpaired) electrons. The number of hydrogen-bond acceptors (Lipinski definition) is 2. The van der Waals surface area contributed by atoms with Crippen molar-refractivity contribution in [1.82, 2.24) is 0 Å². The highest BCUT2D eigenvalue weighted by atomic mass is 16.3. The Morgan fingerprint density at radius 1 is 1.46 bits per heavy atom. The van der Waals surface area contributed by atoms with Crippen LogP contribution >= 0.6 is 0 Å². The van der Waals surface area contributed by atoms with Crippen molar-refractivity contribution in [1.29, 1.82) is 0 Å². The number of rotatable bonds is 0.